The molecule has 17 heavy (non-hydrogen) atoms. The second-order valence-corrected chi connectivity index (χ2v) is 3.25. The maximum atomic E-state index is 13.7. The lowest BCUT2D eigenvalue weighted by Gasteiger charge is -2.09. The number of rotatable bonds is 3. The molecule has 0 atom stereocenters. The zero-order valence-corrected chi connectivity index (χ0v) is 9.32. The van der Waals surface area contributed by atoms with Crippen LogP contribution in [0, 0.1) is 5.82 Å². The molecule has 1 rings (SSSR count). The summed E-state index contributed by atoms with van der Waals surface area (Å²) in [5.74, 6) is -2.92. The lowest BCUT2D eigenvalue weighted by atomic mass is 10.2. The number of aromatic hydroxyl groups is 1. The summed E-state index contributed by atoms with van der Waals surface area (Å²) in [7, 11) is 0. The van der Waals surface area contributed by atoms with E-state index >= 15 is 0 Å². The van der Waals surface area contributed by atoms with Crippen LogP contribution in [0.15, 0.2) is 12.1 Å². The van der Waals surface area contributed by atoms with Crippen molar-refractivity contribution in [2.45, 2.75) is 20.5 Å². The van der Waals surface area contributed by atoms with Crippen molar-refractivity contribution in [2.75, 3.05) is 0 Å². The molecule has 6 heteroatoms. The van der Waals surface area contributed by atoms with E-state index in [-0.39, 0.29) is 17.1 Å². The van der Waals surface area contributed by atoms with Gasteiger partial charge in [-0.15, -0.1) is 0 Å². The molecule has 0 aliphatic carbocycles. The summed E-state index contributed by atoms with van der Waals surface area (Å²) in [5.41, 5.74) is -0.237. The van der Waals surface area contributed by atoms with E-state index in [1.165, 1.54) is 0 Å². The summed E-state index contributed by atoms with van der Waals surface area (Å²) in [6.07, 6.45) is 0. The van der Waals surface area contributed by atoms with Crippen LogP contribution in [0.25, 0.3) is 0 Å². The topological polar surface area (TPSA) is 72.8 Å². The number of phenols is 1. The van der Waals surface area contributed by atoms with Crippen LogP contribution >= 0.6 is 0 Å². The molecule has 1 aromatic rings. The molecule has 0 aliphatic heterocycles. The standard InChI is InChI=1S/C11H11FO5/c1-6(13)16-5-8-9(15)3-4-10(11(8)12)17-7(2)14/h3-4,15H,5H2,1-2H3. The molecule has 1 aromatic carbocycles. The minimum absolute atomic E-state index is 0.237. The Kier molecular flexibility index (Phi) is 4.03. The molecule has 0 aliphatic rings. The fraction of sp³-hybridized carbons (Fsp3) is 0.273. The average molecular weight is 242 g/mol. The van der Waals surface area contributed by atoms with Gasteiger partial charge in [-0.25, -0.2) is 4.39 Å². The Morgan fingerprint density at radius 1 is 1.29 bits per heavy atom. The normalized spacial score (nSPS) is 9.82. The molecule has 0 heterocycles. The Morgan fingerprint density at radius 2 is 1.94 bits per heavy atom. The van der Waals surface area contributed by atoms with Gasteiger partial charge in [-0.2, -0.15) is 0 Å². The average Bonchev–Trinajstić information content (AvgIpc) is 2.21. The summed E-state index contributed by atoms with van der Waals surface area (Å²) < 4.78 is 22.9. The molecule has 0 bridgehead atoms. The van der Waals surface area contributed by atoms with Crippen molar-refractivity contribution in [3.63, 3.8) is 0 Å². The third-order valence-electron chi connectivity index (χ3n) is 1.86. The van der Waals surface area contributed by atoms with Gasteiger partial charge in [0.05, 0.1) is 5.56 Å². The first-order valence-electron chi connectivity index (χ1n) is 4.74. The molecule has 1 N–H and O–H groups in total. The summed E-state index contributed by atoms with van der Waals surface area (Å²) >= 11 is 0. The molecule has 92 valence electrons. The first-order chi connectivity index (χ1) is 7.91. The zero-order valence-electron chi connectivity index (χ0n) is 9.32. The van der Waals surface area contributed by atoms with E-state index < -0.39 is 24.4 Å². The predicted octanol–water partition coefficient (Wildman–Crippen LogP) is 1.52. The van der Waals surface area contributed by atoms with Crippen LogP contribution in [0.2, 0.25) is 0 Å². The fourth-order valence-corrected chi connectivity index (χ4v) is 1.13. The summed E-state index contributed by atoms with van der Waals surface area (Å²) in [5, 5.41) is 9.39. The Balaban J connectivity index is 3.01. The number of halogens is 1. The lowest BCUT2D eigenvalue weighted by Crippen LogP contribution is -2.06. The number of ether oxygens (including phenoxy) is 2. The number of benzene rings is 1. The molecule has 0 amide bonds. The maximum absolute atomic E-state index is 13.7. The number of carbonyl (C=O) groups excluding carboxylic acids is 2. The van der Waals surface area contributed by atoms with Gasteiger partial charge < -0.3 is 14.6 Å². The van der Waals surface area contributed by atoms with Crippen LogP contribution in [0.5, 0.6) is 11.5 Å². The first kappa shape index (κ1) is 13.0. The van der Waals surface area contributed by atoms with Crippen LogP contribution in [0.4, 0.5) is 4.39 Å². The SMILES string of the molecule is CC(=O)OCc1c(O)ccc(OC(C)=O)c1F. The highest BCUT2D eigenvalue weighted by molar-refractivity contribution is 5.69. The summed E-state index contributed by atoms with van der Waals surface area (Å²) in [6, 6.07) is 2.27. The summed E-state index contributed by atoms with van der Waals surface area (Å²) in [6.45, 7) is 1.85. The minimum atomic E-state index is -0.929. The highest BCUT2D eigenvalue weighted by atomic mass is 19.1. The highest BCUT2D eigenvalue weighted by Gasteiger charge is 2.16. The van der Waals surface area contributed by atoms with Crippen LogP contribution < -0.4 is 4.74 Å². The van der Waals surface area contributed by atoms with Crippen molar-refractivity contribution in [3.8, 4) is 11.5 Å². The van der Waals surface area contributed by atoms with E-state index in [0.717, 1.165) is 26.0 Å². The van der Waals surface area contributed by atoms with Gasteiger partial charge in [-0.05, 0) is 12.1 Å². The van der Waals surface area contributed by atoms with E-state index in [1.807, 2.05) is 0 Å². The lowest BCUT2D eigenvalue weighted by molar-refractivity contribution is -0.142. The van der Waals surface area contributed by atoms with E-state index in [2.05, 4.69) is 9.47 Å². The van der Waals surface area contributed by atoms with E-state index in [1.54, 1.807) is 0 Å². The molecule has 0 unspecified atom stereocenters. The molecule has 0 spiro atoms. The Labute approximate surface area is 96.8 Å². The fourth-order valence-electron chi connectivity index (χ4n) is 1.13. The minimum Gasteiger partial charge on any atom is -0.507 e. The predicted molar refractivity (Wildman–Crippen MR) is 54.8 cm³/mol. The number of hydrogen-bond acceptors (Lipinski definition) is 5. The maximum Gasteiger partial charge on any atom is 0.308 e. The van der Waals surface area contributed by atoms with Gasteiger partial charge in [0.2, 0.25) is 0 Å². The number of phenolic OH excluding ortho intramolecular Hbond substituents is 1. The molecule has 0 aromatic heterocycles. The third kappa shape index (κ3) is 3.44. The molecular weight excluding hydrogens is 231 g/mol. The van der Waals surface area contributed by atoms with E-state index in [9.17, 15) is 19.1 Å². The van der Waals surface area contributed by atoms with Crippen molar-refractivity contribution in [3.05, 3.63) is 23.5 Å². The van der Waals surface area contributed by atoms with Crippen molar-refractivity contribution in [1.29, 1.82) is 0 Å². The van der Waals surface area contributed by atoms with Gasteiger partial charge in [-0.3, -0.25) is 9.59 Å². The van der Waals surface area contributed by atoms with Crippen molar-refractivity contribution >= 4 is 11.9 Å². The van der Waals surface area contributed by atoms with Crippen LogP contribution in [0.3, 0.4) is 0 Å². The Morgan fingerprint density at radius 3 is 2.47 bits per heavy atom. The molecule has 5 nitrogen and oxygen atoms in total. The number of esters is 2. The van der Waals surface area contributed by atoms with Crippen molar-refractivity contribution in [1.82, 2.24) is 0 Å². The monoisotopic (exact) mass is 242 g/mol. The molecule has 0 radical (unpaired) electrons. The molecule has 0 saturated heterocycles. The van der Waals surface area contributed by atoms with Gasteiger partial charge in [-0.1, -0.05) is 0 Å². The largest absolute Gasteiger partial charge is 0.507 e. The Bertz CT molecular complexity index is 455. The number of carbonyl (C=O) groups is 2. The molecule has 0 fully saturated rings. The third-order valence-corrected chi connectivity index (χ3v) is 1.86. The van der Waals surface area contributed by atoms with Crippen LogP contribution in [-0.2, 0) is 20.9 Å². The van der Waals surface area contributed by atoms with Crippen LogP contribution in [0.1, 0.15) is 19.4 Å². The Hall–Kier alpha value is -2.11. The smallest absolute Gasteiger partial charge is 0.308 e. The van der Waals surface area contributed by atoms with Crippen molar-refractivity contribution in [2.24, 2.45) is 0 Å². The second-order valence-electron chi connectivity index (χ2n) is 3.25. The van der Waals surface area contributed by atoms with Crippen molar-refractivity contribution < 1.29 is 28.6 Å². The molecule has 0 saturated carbocycles. The van der Waals surface area contributed by atoms with Gasteiger partial charge in [0.15, 0.2) is 11.6 Å². The van der Waals surface area contributed by atoms with E-state index in [4.69, 9.17) is 0 Å². The van der Waals surface area contributed by atoms with Gasteiger partial charge in [0, 0.05) is 13.8 Å². The number of hydrogen-bond donors (Lipinski definition) is 1. The highest BCUT2D eigenvalue weighted by Crippen LogP contribution is 2.28. The van der Waals surface area contributed by atoms with Crippen LogP contribution in [-0.4, -0.2) is 17.0 Å². The van der Waals surface area contributed by atoms with Gasteiger partial charge >= 0.3 is 11.9 Å². The van der Waals surface area contributed by atoms with Gasteiger partial charge in [0.1, 0.15) is 12.4 Å². The zero-order chi connectivity index (χ0) is 13.0. The quantitative estimate of drug-likeness (QED) is 0.642. The van der Waals surface area contributed by atoms with E-state index in [0.29, 0.717) is 0 Å². The van der Waals surface area contributed by atoms with Gasteiger partial charge in [0.25, 0.3) is 0 Å². The second kappa shape index (κ2) is 5.29. The molecular formula is C11H11FO5. The first-order valence-corrected chi connectivity index (χ1v) is 4.74. The summed E-state index contributed by atoms with van der Waals surface area (Å²) in [4.78, 5) is 21.3.